The molecule has 0 aliphatic carbocycles. The second kappa shape index (κ2) is 6.01. The van der Waals surface area contributed by atoms with Gasteiger partial charge in [0, 0.05) is 11.9 Å². The van der Waals surface area contributed by atoms with Gasteiger partial charge < -0.3 is 9.88 Å². The van der Waals surface area contributed by atoms with Crippen LogP contribution in [0.25, 0.3) is 20.7 Å². The van der Waals surface area contributed by atoms with Gasteiger partial charge in [-0.1, -0.05) is 30.3 Å². The molecule has 0 bridgehead atoms. The van der Waals surface area contributed by atoms with E-state index in [0.29, 0.717) is 0 Å². The Balaban J connectivity index is 1.71. The Bertz CT molecular complexity index is 975. The van der Waals surface area contributed by atoms with Gasteiger partial charge in [-0.3, -0.25) is 0 Å². The second-order valence-corrected chi connectivity index (χ2v) is 6.61. The first kappa shape index (κ1) is 14.8. The molecular formula is C17H16N6S. The minimum absolute atomic E-state index is 0.00400. The van der Waals surface area contributed by atoms with E-state index in [0.717, 1.165) is 21.9 Å². The predicted octanol–water partition coefficient (Wildman–Crippen LogP) is 3.66. The molecule has 0 fully saturated rings. The topological polar surface area (TPSA) is 68.5 Å². The lowest BCUT2D eigenvalue weighted by Crippen LogP contribution is -2.13. The number of hydrogen-bond acceptors (Lipinski definition) is 6. The minimum atomic E-state index is -0.00400. The SMILES string of the molecule is C[C@@H](Nc1ncnc2sc(-c3ccccc3)cc12)c1nncn1C. The van der Waals surface area contributed by atoms with E-state index in [1.807, 2.05) is 36.7 Å². The highest BCUT2D eigenvalue weighted by molar-refractivity contribution is 7.21. The highest BCUT2D eigenvalue weighted by Gasteiger charge is 2.15. The molecule has 4 rings (SSSR count). The van der Waals surface area contributed by atoms with Crippen LogP contribution in [-0.2, 0) is 7.05 Å². The van der Waals surface area contributed by atoms with Crippen LogP contribution in [0.1, 0.15) is 18.8 Å². The number of thiophene rings is 1. The average Bonchev–Trinajstić information content (AvgIpc) is 3.22. The predicted molar refractivity (Wildman–Crippen MR) is 95.9 cm³/mol. The summed E-state index contributed by atoms with van der Waals surface area (Å²) in [6.07, 6.45) is 3.29. The third kappa shape index (κ3) is 2.63. The van der Waals surface area contributed by atoms with Crippen LogP contribution < -0.4 is 5.32 Å². The Kier molecular flexibility index (Phi) is 3.70. The first-order chi connectivity index (χ1) is 11.7. The standard InChI is InChI=1S/C17H16N6S/c1-11(16-22-20-10-23(16)2)21-15-13-8-14(12-6-4-3-5-7-12)24-17(13)19-9-18-15/h3-11H,1-2H3,(H,18,19,21)/t11-/m1/s1. The maximum Gasteiger partial charge on any atom is 0.154 e. The van der Waals surface area contributed by atoms with Gasteiger partial charge in [0.05, 0.1) is 11.4 Å². The van der Waals surface area contributed by atoms with Gasteiger partial charge in [0.25, 0.3) is 0 Å². The highest BCUT2D eigenvalue weighted by atomic mass is 32.1. The molecule has 1 N–H and O–H groups in total. The van der Waals surface area contributed by atoms with Crippen molar-refractivity contribution in [2.45, 2.75) is 13.0 Å². The summed E-state index contributed by atoms with van der Waals surface area (Å²) < 4.78 is 1.90. The molecule has 3 heterocycles. The van der Waals surface area contributed by atoms with Gasteiger partial charge in [0.1, 0.15) is 23.3 Å². The molecule has 7 heteroatoms. The van der Waals surface area contributed by atoms with E-state index in [-0.39, 0.29) is 6.04 Å². The third-order valence-corrected chi connectivity index (χ3v) is 4.97. The first-order valence-electron chi connectivity index (χ1n) is 7.63. The maximum atomic E-state index is 4.42. The van der Waals surface area contributed by atoms with E-state index < -0.39 is 0 Å². The Morgan fingerprint density at radius 2 is 2.00 bits per heavy atom. The van der Waals surface area contributed by atoms with Crippen molar-refractivity contribution in [2.75, 3.05) is 5.32 Å². The Labute approximate surface area is 143 Å². The van der Waals surface area contributed by atoms with Gasteiger partial charge in [-0.05, 0) is 18.6 Å². The maximum absolute atomic E-state index is 4.42. The van der Waals surface area contributed by atoms with Gasteiger partial charge in [-0.15, -0.1) is 21.5 Å². The fourth-order valence-corrected chi connectivity index (χ4v) is 3.67. The summed E-state index contributed by atoms with van der Waals surface area (Å²) in [5.74, 6) is 1.68. The number of hydrogen-bond donors (Lipinski definition) is 1. The van der Waals surface area contributed by atoms with E-state index >= 15 is 0 Å². The summed E-state index contributed by atoms with van der Waals surface area (Å²) in [6.45, 7) is 2.04. The molecule has 0 aliphatic heterocycles. The molecule has 0 saturated carbocycles. The van der Waals surface area contributed by atoms with Gasteiger partial charge in [-0.25, -0.2) is 9.97 Å². The number of anilines is 1. The van der Waals surface area contributed by atoms with Crippen LogP contribution in [0.3, 0.4) is 0 Å². The normalized spacial score (nSPS) is 12.4. The van der Waals surface area contributed by atoms with Crippen molar-refractivity contribution in [3.63, 3.8) is 0 Å². The van der Waals surface area contributed by atoms with Crippen molar-refractivity contribution in [3.05, 3.63) is 54.9 Å². The van der Waals surface area contributed by atoms with E-state index in [4.69, 9.17) is 0 Å². The van der Waals surface area contributed by atoms with Crippen LogP contribution >= 0.6 is 11.3 Å². The largest absolute Gasteiger partial charge is 0.360 e. The van der Waals surface area contributed by atoms with E-state index in [9.17, 15) is 0 Å². The molecule has 4 aromatic rings. The van der Waals surface area contributed by atoms with Crippen molar-refractivity contribution in [3.8, 4) is 10.4 Å². The summed E-state index contributed by atoms with van der Waals surface area (Å²) in [6, 6.07) is 12.4. The van der Waals surface area contributed by atoms with E-state index in [1.165, 1.54) is 10.4 Å². The molecule has 0 saturated heterocycles. The fraction of sp³-hybridized carbons (Fsp3) is 0.176. The molecule has 3 aromatic heterocycles. The Morgan fingerprint density at radius 1 is 1.17 bits per heavy atom. The zero-order valence-electron chi connectivity index (χ0n) is 13.3. The quantitative estimate of drug-likeness (QED) is 0.616. The Morgan fingerprint density at radius 3 is 2.75 bits per heavy atom. The lowest BCUT2D eigenvalue weighted by atomic mass is 10.2. The molecule has 0 radical (unpaired) electrons. The number of fused-ring (bicyclic) bond motifs is 1. The number of aromatic nitrogens is 5. The zero-order chi connectivity index (χ0) is 16.5. The van der Waals surface area contributed by atoms with Gasteiger partial charge in [0.15, 0.2) is 5.82 Å². The number of benzene rings is 1. The van der Waals surface area contributed by atoms with Crippen LogP contribution in [0.15, 0.2) is 49.1 Å². The lowest BCUT2D eigenvalue weighted by molar-refractivity contribution is 0.717. The van der Waals surface area contributed by atoms with E-state index in [2.05, 4.69) is 43.7 Å². The number of aryl methyl sites for hydroxylation is 1. The van der Waals surface area contributed by atoms with Crippen molar-refractivity contribution >= 4 is 27.4 Å². The summed E-state index contributed by atoms with van der Waals surface area (Å²) >= 11 is 1.67. The van der Waals surface area contributed by atoms with Crippen molar-refractivity contribution in [1.29, 1.82) is 0 Å². The van der Waals surface area contributed by atoms with Crippen LogP contribution in [0.5, 0.6) is 0 Å². The van der Waals surface area contributed by atoms with Crippen LogP contribution in [0.2, 0.25) is 0 Å². The Hall–Kier alpha value is -2.80. The van der Waals surface area contributed by atoms with Crippen molar-refractivity contribution in [2.24, 2.45) is 7.05 Å². The number of rotatable bonds is 4. The van der Waals surface area contributed by atoms with Crippen LogP contribution in [-0.4, -0.2) is 24.7 Å². The summed E-state index contributed by atoms with van der Waals surface area (Å²) in [5.41, 5.74) is 1.19. The highest BCUT2D eigenvalue weighted by Crippen LogP contribution is 2.35. The number of nitrogens with one attached hydrogen (secondary N) is 1. The first-order valence-corrected chi connectivity index (χ1v) is 8.44. The molecule has 120 valence electrons. The molecule has 6 nitrogen and oxygen atoms in total. The summed E-state index contributed by atoms with van der Waals surface area (Å²) in [5, 5.41) is 12.5. The van der Waals surface area contributed by atoms with Gasteiger partial charge in [-0.2, -0.15) is 0 Å². The zero-order valence-corrected chi connectivity index (χ0v) is 14.2. The minimum Gasteiger partial charge on any atom is -0.360 e. The molecule has 1 aromatic carbocycles. The second-order valence-electron chi connectivity index (χ2n) is 5.58. The third-order valence-electron chi connectivity index (χ3n) is 3.87. The van der Waals surface area contributed by atoms with Crippen molar-refractivity contribution in [1.82, 2.24) is 24.7 Å². The monoisotopic (exact) mass is 336 g/mol. The number of nitrogens with zero attached hydrogens (tertiary/aromatic N) is 5. The summed E-state index contributed by atoms with van der Waals surface area (Å²) in [7, 11) is 1.93. The molecular weight excluding hydrogens is 320 g/mol. The molecule has 0 amide bonds. The molecule has 1 atom stereocenters. The smallest absolute Gasteiger partial charge is 0.154 e. The average molecular weight is 336 g/mol. The van der Waals surface area contributed by atoms with Gasteiger partial charge in [0.2, 0.25) is 0 Å². The summed E-state index contributed by atoms with van der Waals surface area (Å²) in [4.78, 5) is 11.0. The van der Waals surface area contributed by atoms with Gasteiger partial charge >= 0.3 is 0 Å². The molecule has 0 unspecified atom stereocenters. The van der Waals surface area contributed by atoms with E-state index in [1.54, 1.807) is 24.0 Å². The van der Waals surface area contributed by atoms with Crippen LogP contribution in [0.4, 0.5) is 5.82 Å². The fourth-order valence-electron chi connectivity index (χ4n) is 2.67. The lowest BCUT2D eigenvalue weighted by Gasteiger charge is -2.13. The van der Waals surface area contributed by atoms with Crippen molar-refractivity contribution < 1.29 is 0 Å². The molecule has 24 heavy (non-hydrogen) atoms. The molecule has 0 spiro atoms. The molecule has 0 aliphatic rings. The van der Waals surface area contributed by atoms with Crippen LogP contribution in [0, 0.1) is 0 Å².